The molecule has 2 heterocycles. The normalized spacial score (nSPS) is 23.3. The first-order chi connectivity index (χ1) is 10.6. The summed E-state index contributed by atoms with van der Waals surface area (Å²) >= 11 is 1.59. The Morgan fingerprint density at radius 2 is 2.23 bits per heavy atom. The first-order valence-electron chi connectivity index (χ1n) is 7.83. The molecule has 0 aliphatic heterocycles. The van der Waals surface area contributed by atoms with Crippen molar-refractivity contribution in [3.05, 3.63) is 32.7 Å². The van der Waals surface area contributed by atoms with Gasteiger partial charge in [-0.15, -0.1) is 11.3 Å². The van der Waals surface area contributed by atoms with Crippen molar-refractivity contribution in [3.8, 4) is 0 Å². The van der Waals surface area contributed by atoms with Gasteiger partial charge in [-0.05, 0) is 38.0 Å². The lowest BCUT2D eigenvalue weighted by Crippen LogP contribution is -2.19. The van der Waals surface area contributed by atoms with Gasteiger partial charge in [0.05, 0.1) is 11.6 Å². The van der Waals surface area contributed by atoms with Crippen LogP contribution in [-0.2, 0) is 29.0 Å². The highest BCUT2D eigenvalue weighted by Crippen LogP contribution is 2.38. The van der Waals surface area contributed by atoms with Crippen LogP contribution in [0.4, 0.5) is 0 Å². The zero-order valence-corrected chi connectivity index (χ0v) is 13.3. The van der Waals surface area contributed by atoms with Crippen LogP contribution in [0.5, 0.6) is 0 Å². The van der Waals surface area contributed by atoms with Crippen LogP contribution >= 0.6 is 11.3 Å². The number of carbonyl (C=O) groups is 1. The zero-order valence-electron chi connectivity index (χ0n) is 12.5. The second-order valence-corrected chi connectivity index (χ2v) is 7.37. The van der Waals surface area contributed by atoms with Crippen LogP contribution < -0.4 is 5.56 Å². The molecule has 0 unspecified atom stereocenters. The van der Waals surface area contributed by atoms with E-state index in [1.54, 1.807) is 15.7 Å². The Balaban J connectivity index is 1.60. The molecule has 0 N–H and O–H groups in total. The molecule has 2 aliphatic carbocycles. The third kappa shape index (κ3) is 2.35. The summed E-state index contributed by atoms with van der Waals surface area (Å²) in [6, 6.07) is 1.50. The lowest BCUT2D eigenvalue weighted by molar-refractivity contribution is -0.147. The van der Waals surface area contributed by atoms with E-state index in [1.807, 2.05) is 6.92 Å². The standard InChI is InChI=1S/C16H18N2O3S/c1-9-6-11(9)15(20)21-8-10-7-14(19)18-12-4-2-3-5-13(12)22-16(18)17-10/h7,9,11H,2-6,8H2,1H3/t9-,11+/m0/s1. The summed E-state index contributed by atoms with van der Waals surface area (Å²) in [5.74, 6) is 0.302. The summed E-state index contributed by atoms with van der Waals surface area (Å²) in [5.41, 5.74) is 1.61. The van der Waals surface area contributed by atoms with Crippen molar-refractivity contribution >= 4 is 22.3 Å². The van der Waals surface area contributed by atoms with Crippen molar-refractivity contribution < 1.29 is 9.53 Å². The van der Waals surface area contributed by atoms with Crippen molar-refractivity contribution in [1.82, 2.24) is 9.38 Å². The molecule has 22 heavy (non-hydrogen) atoms. The highest BCUT2D eigenvalue weighted by molar-refractivity contribution is 7.17. The number of nitrogens with zero attached hydrogens (tertiary/aromatic N) is 2. The highest BCUT2D eigenvalue weighted by Gasteiger charge is 2.40. The Labute approximate surface area is 131 Å². The largest absolute Gasteiger partial charge is 0.459 e. The van der Waals surface area contributed by atoms with Gasteiger partial charge < -0.3 is 4.74 Å². The van der Waals surface area contributed by atoms with Gasteiger partial charge in [-0.2, -0.15) is 0 Å². The van der Waals surface area contributed by atoms with Gasteiger partial charge in [-0.1, -0.05) is 6.92 Å². The van der Waals surface area contributed by atoms with Crippen LogP contribution in [0.3, 0.4) is 0 Å². The van der Waals surface area contributed by atoms with Gasteiger partial charge in [-0.25, -0.2) is 4.98 Å². The molecule has 2 aromatic heterocycles. The molecule has 1 fully saturated rings. The molecule has 6 heteroatoms. The van der Waals surface area contributed by atoms with E-state index in [0.717, 1.165) is 36.3 Å². The van der Waals surface area contributed by atoms with Crippen molar-refractivity contribution in [3.63, 3.8) is 0 Å². The van der Waals surface area contributed by atoms with Crippen LogP contribution in [0.2, 0.25) is 0 Å². The van der Waals surface area contributed by atoms with Crippen LogP contribution in [0, 0.1) is 11.8 Å². The lowest BCUT2D eigenvalue weighted by Gasteiger charge is -2.10. The molecule has 4 rings (SSSR count). The van der Waals surface area contributed by atoms with E-state index >= 15 is 0 Å². The van der Waals surface area contributed by atoms with E-state index in [-0.39, 0.29) is 24.1 Å². The fourth-order valence-electron chi connectivity index (χ4n) is 3.12. The molecule has 116 valence electrons. The number of hydrogen-bond acceptors (Lipinski definition) is 5. The SMILES string of the molecule is C[C@H]1C[C@H]1C(=O)OCc1cc(=O)n2c3c(sc2n1)CCCC3. The number of fused-ring (bicyclic) bond motifs is 3. The minimum absolute atomic E-state index is 0.0406. The fraction of sp³-hybridized carbons (Fsp3) is 0.562. The Kier molecular flexibility index (Phi) is 3.29. The first-order valence-corrected chi connectivity index (χ1v) is 8.65. The van der Waals surface area contributed by atoms with E-state index in [4.69, 9.17) is 4.74 Å². The second kappa shape index (κ2) is 5.19. The first kappa shape index (κ1) is 13.9. The summed E-state index contributed by atoms with van der Waals surface area (Å²) in [5, 5.41) is 0. The van der Waals surface area contributed by atoms with E-state index in [9.17, 15) is 9.59 Å². The maximum Gasteiger partial charge on any atom is 0.309 e. The molecular formula is C16H18N2O3S. The number of rotatable bonds is 3. The number of carbonyl (C=O) groups excluding carboxylic acids is 1. The Bertz CT molecular complexity index is 808. The van der Waals surface area contributed by atoms with Gasteiger partial charge in [0.1, 0.15) is 6.61 Å². The van der Waals surface area contributed by atoms with Gasteiger partial charge in [0, 0.05) is 16.6 Å². The molecule has 1 saturated carbocycles. The van der Waals surface area contributed by atoms with Gasteiger partial charge >= 0.3 is 5.97 Å². The molecule has 0 amide bonds. The zero-order chi connectivity index (χ0) is 15.3. The molecule has 0 aromatic carbocycles. The van der Waals surface area contributed by atoms with E-state index in [1.165, 1.54) is 17.4 Å². The predicted octanol–water partition coefficient (Wildman–Crippen LogP) is 2.33. The van der Waals surface area contributed by atoms with Gasteiger partial charge in [0.25, 0.3) is 5.56 Å². The quantitative estimate of drug-likeness (QED) is 0.815. The lowest BCUT2D eigenvalue weighted by atomic mass is 10.0. The van der Waals surface area contributed by atoms with Crippen molar-refractivity contribution in [1.29, 1.82) is 0 Å². The summed E-state index contributed by atoms with van der Waals surface area (Å²) in [6.45, 7) is 2.13. The number of thiazole rings is 1. The number of aromatic nitrogens is 2. The number of hydrogen-bond donors (Lipinski definition) is 0. The van der Waals surface area contributed by atoms with Crippen LogP contribution in [-0.4, -0.2) is 15.4 Å². The van der Waals surface area contributed by atoms with Gasteiger partial charge in [0.2, 0.25) is 0 Å². The Hall–Kier alpha value is -1.69. The molecule has 0 radical (unpaired) electrons. The summed E-state index contributed by atoms with van der Waals surface area (Å²) < 4.78 is 7.01. The van der Waals surface area contributed by atoms with E-state index in [0.29, 0.717) is 11.6 Å². The second-order valence-electron chi connectivity index (χ2n) is 6.31. The Morgan fingerprint density at radius 1 is 1.45 bits per heavy atom. The average Bonchev–Trinajstić information content (AvgIpc) is 3.10. The third-order valence-corrected chi connectivity index (χ3v) is 5.73. The highest BCUT2D eigenvalue weighted by atomic mass is 32.1. The van der Waals surface area contributed by atoms with Crippen LogP contribution in [0.25, 0.3) is 4.96 Å². The number of esters is 1. The molecule has 2 aromatic rings. The van der Waals surface area contributed by atoms with E-state index in [2.05, 4.69) is 4.98 Å². The topological polar surface area (TPSA) is 60.7 Å². The van der Waals surface area contributed by atoms with Crippen LogP contribution in [0.15, 0.2) is 10.9 Å². The minimum Gasteiger partial charge on any atom is -0.459 e. The molecule has 2 aliphatic rings. The molecular weight excluding hydrogens is 300 g/mol. The number of ether oxygens (including phenoxy) is 1. The average molecular weight is 318 g/mol. The molecule has 0 bridgehead atoms. The molecule has 0 saturated heterocycles. The van der Waals surface area contributed by atoms with E-state index < -0.39 is 0 Å². The van der Waals surface area contributed by atoms with Crippen molar-refractivity contribution in [2.45, 2.75) is 45.6 Å². The molecule has 5 nitrogen and oxygen atoms in total. The summed E-state index contributed by atoms with van der Waals surface area (Å²) in [6.07, 6.45) is 5.20. The van der Waals surface area contributed by atoms with Crippen molar-refractivity contribution in [2.24, 2.45) is 11.8 Å². The Morgan fingerprint density at radius 3 is 3.00 bits per heavy atom. The van der Waals surface area contributed by atoms with Crippen molar-refractivity contribution in [2.75, 3.05) is 0 Å². The third-order valence-electron chi connectivity index (χ3n) is 4.59. The summed E-state index contributed by atoms with van der Waals surface area (Å²) in [4.78, 5) is 30.6. The monoisotopic (exact) mass is 318 g/mol. The maximum atomic E-state index is 12.4. The minimum atomic E-state index is -0.167. The van der Waals surface area contributed by atoms with Gasteiger partial charge in [-0.3, -0.25) is 14.0 Å². The predicted molar refractivity (Wildman–Crippen MR) is 83.0 cm³/mol. The van der Waals surface area contributed by atoms with Gasteiger partial charge in [0.15, 0.2) is 4.96 Å². The molecule has 0 spiro atoms. The number of aryl methyl sites for hydroxylation is 2. The smallest absolute Gasteiger partial charge is 0.309 e. The maximum absolute atomic E-state index is 12.4. The fourth-order valence-corrected chi connectivity index (χ4v) is 4.35. The molecule has 2 atom stereocenters. The summed E-state index contributed by atoms with van der Waals surface area (Å²) in [7, 11) is 0. The van der Waals surface area contributed by atoms with Crippen LogP contribution in [0.1, 0.15) is 42.5 Å².